The molecule has 1 fully saturated rings. The molecule has 2 rings (SSSR count). The highest BCUT2D eigenvalue weighted by molar-refractivity contribution is 5.04. The number of hydrogen-bond donors (Lipinski definition) is 0. The van der Waals surface area contributed by atoms with E-state index >= 15 is 0 Å². The van der Waals surface area contributed by atoms with Crippen LogP contribution in [0.25, 0.3) is 0 Å². The lowest BCUT2D eigenvalue weighted by atomic mass is 10.2. The lowest BCUT2D eigenvalue weighted by molar-refractivity contribution is 0.0369. The second-order valence-electron chi connectivity index (χ2n) is 5.03. The molecule has 1 aliphatic heterocycles. The molecular weight excluding hydrogens is 228 g/mol. The monoisotopic (exact) mass is 252 g/mol. The van der Waals surface area contributed by atoms with E-state index in [2.05, 4.69) is 16.8 Å². The van der Waals surface area contributed by atoms with Crippen LogP contribution in [0.1, 0.15) is 18.4 Å². The molecule has 0 N–H and O–H groups in total. The molecule has 4 heteroatoms. The predicted octanol–water partition coefficient (Wildman–Crippen LogP) is 1.82. The van der Waals surface area contributed by atoms with Gasteiger partial charge in [0.25, 0.3) is 0 Å². The van der Waals surface area contributed by atoms with Gasteiger partial charge in [0.2, 0.25) is 0 Å². The van der Waals surface area contributed by atoms with Gasteiger partial charge in [-0.05, 0) is 39.0 Å². The summed E-state index contributed by atoms with van der Waals surface area (Å²) in [7, 11) is 2.17. The van der Waals surface area contributed by atoms with E-state index in [1.807, 2.05) is 12.3 Å². The zero-order chi connectivity index (χ0) is 12.6. The van der Waals surface area contributed by atoms with Crippen molar-refractivity contribution in [2.24, 2.45) is 0 Å². The topological polar surface area (TPSA) is 28.9 Å². The summed E-state index contributed by atoms with van der Waals surface area (Å²) in [6.45, 7) is 7.35. The first kappa shape index (κ1) is 13.6. The van der Waals surface area contributed by atoms with Crippen LogP contribution in [0, 0.1) is 0 Å². The van der Waals surface area contributed by atoms with Crippen molar-refractivity contribution in [1.29, 1.82) is 0 Å². The fraction of sp³-hybridized carbons (Fsp3) is 0.714. The Balaban J connectivity index is 1.52. The Labute approximate surface area is 110 Å². The summed E-state index contributed by atoms with van der Waals surface area (Å²) in [5, 5.41) is 0. The van der Waals surface area contributed by atoms with Crippen LogP contribution >= 0.6 is 0 Å². The maximum absolute atomic E-state index is 5.34. The van der Waals surface area contributed by atoms with Gasteiger partial charge in [-0.1, -0.05) is 0 Å². The van der Waals surface area contributed by atoms with Crippen molar-refractivity contribution in [2.45, 2.75) is 19.4 Å². The summed E-state index contributed by atoms with van der Waals surface area (Å²) in [6, 6.07) is 2.03. The van der Waals surface area contributed by atoms with Gasteiger partial charge >= 0.3 is 0 Å². The number of hydrogen-bond acceptors (Lipinski definition) is 4. The van der Waals surface area contributed by atoms with Crippen molar-refractivity contribution in [1.82, 2.24) is 9.80 Å². The molecule has 0 radical (unpaired) electrons. The molecule has 1 aliphatic rings. The van der Waals surface area contributed by atoms with Crippen molar-refractivity contribution >= 4 is 0 Å². The van der Waals surface area contributed by atoms with E-state index in [1.54, 1.807) is 6.26 Å². The maximum atomic E-state index is 5.34. The molecule has 0 spiro atoms. The van der Waals surface area contributed by atoms with Crippen LogP contribution in [0.2, 0.25) is 0 Å². The number of unbranched alkanes of at least 4 members (excludes halogenated alkanes) is 1. The molecule has 1 aromatic rings. The molecule has 4 nitrogen and oxygen atoms in total. The average Bonchev–Trinajstić information content (AvgIpc) is 2.89. The van der Waals surface area contributed by atoms with Crippen LogP contribution in [0.15, 0.2) is 23.0 Å². The molecule has 18 heavy (non-hydrogen) atoms. The number of morpholine rings is 1. The van der Waals surface area contributed by atoms with E-state index in [1.165, 1.54) is 24.9 Å². The minimum absolute atomic E-state index is 0.903. The van der Waals surface area contributed by atoms with Crippen LogP contribution in [0.3, 0.4) is 0 Å². The van der Waals surface area contributed by atoms with Crippen LogP contribution in [-0.2, 0) is 11.3 Å². The van der Waals surface area contributed by atoms with Crippen molar-refractivity contribution in [3.63, 3.8) is 0 Å². The molecule has 0 amide bonds. The van der Waals surface area contributed by atoms with Gasteiger partial charge in [-0.2, -0.15) is 0 Å². The first-order chi connectivity index (χ1) is 8.84. The quantitative estimate of drug-likeness (QED) is 0.692. The minimum Gasteiger partial charge on any atom is -0.472 e. The van der Waals surface area contributed by atoms with Gasteiger partial charge in [-0.3, -0.25) is 4.90 Å². The SMILES string of the molecule is CN(CCCCN1CCOCC1)Cc1ccoc1. The third-order valence-corrected chi connectivity index (χ3v) is 3.40. The Morgan fingerprint density at radius 2 is 2.11 bits per heavy atom. The van der Waals surface area contributed by atoms with Gasteiger partial charge < -0.3 is 14.1 Å². The molecule has 0 bridgehead atoms. The fourth-order valence-corrected chi connectivity index (χ4v) is 2.32. The van der Waals surface area contributed by atoms with Crippen molar-refractivity contribution in [3.8, 4) is 0 Å². The van der Waals surface area contributed by atoms with E-state index in [4.69, 9.17) is 9.15 Å². The van der Waals surface area contributed by atoms with Gasteiger partial charge in [-0.15, -0.1) is 0 Å². The van der Waals surface area contributed by atoms with E-state index < -0.39 is 0 Å². The predicted molar refractivity (Wildman–Crippen MR) is 71.5 cm³/mol. The normalized spacial score (nSPS) is 17.4. The highest BCUT2D eigenvalue weighted by atomic mass is 16.5. The first-order valence-corrected chi connectivity index (χ1v) is 6.84. The maximum Gasteiger partial charge on any atom is 0.0947 e. The van der Waals surface area contributed by atoms with Crippen molar-refractivity contribution in [2.75, 3.05) is 46.4 Å². The van der Waals surface area contributed by atoms with E-state index in [-0.39, 0.29) is 0 Å². The van der Waals surface area contributed by atoms with E-state index in [9.17, 15) is 0 Å². The Morgan fingerprint density at radius 1 is 1.28 bits per heavy atom. The zero-order valence-corrected chi connectivity index (χ0v) is 11.3. The smallest absolute Gasteiger partial charge is 0.0947 e. The van der Waals surface area contributed by atoms with Gasteiger partial charge in [-0.25, -0.2) is 0 Å². The summed E-state index contributed by atoms with van der Waals surface area (Å²) in [5.74, 6) is 0. The van der Waals surface area contributed by atoms with Crippen LogP contribution in [0.5, 0.6) is 0 Å². The number of ether oxygens (including phenoxy) is 1. The number of furan rings is 1. The summed E-state index contributed by atoms with van der Waals surface area (Å²) >= 11 is 0. The first-order valence-electron chi connectivity index (χ1n) is 6.84. The summed E-state index contributed by atoms with van der Waals surface area (Å²) < 4.78 is 10.4. The second-order valence-corrected chi connectivity index (χ2v) is 5.03. The molecule has 0 atom stereocenters. The van der Waals surface area contributed by atoms with Gasteiger partial charge in [0.1, 0.15) is 0 Å². The summed E-state index contributed by atoms with van der Waals surface area (Å²) in [6.07, 6.45) is 6.09. The lowest BCUT2D eigenvalue weighted by Crippen LogP contribution is -2.37. The summed E-state index contributed by atoms with van der Waals surface area (Å²) in [5.41, 5.74) is 1.26. The zero-order valence-electron chi connectivity index (χ0n) is 11.3. The standard InChI is InChI=1S/C14H24N2O2/c1-15(12-14-4-9-18-13-14)5-2-3-6-16-7-10-17-11-8-16/h4,9,13H,2-3,5-8,10-12H2,1H3. The van der Waals surface area contributed by atoms with E-state index in [0.717, 1.165) is 39.4 Å². The lowest BCUT2D eigenvalue weighted by Gasteiger charge is -2.26. The highest BCUT2D eigenvalue weighted by Gasteiger charge is 2.09. The third kappa shape index (κ3) is 4.80. The van der Waals surface area contributed by atoms with Gasteiger partial charge in [0, 0.05) is 25.2 Å². The molecule has 0 saturated carbocycles. The molecule has 1 saturated heterocycles. The largest absolute Gasteiger partial charge is 0.472 e. The van der Waals surface area contributed by atoms with Crippen LogP contribution < -0.4 is 0 Å². The van der Waals surface area contributed by atoms with Crippen LogP contribution in [0.4, 0.5) is 0 Å². The van der Waals surface area contributed by atoms with Crippen molar-refractivity contribution in [3.05, 3.63) is 24.2 Å². The molecule has 0 aromatic carbocycles. The second kappa shape index (κ2) is 7.56. The average molecular weight is 252 g/mol. The Kier molecular flexibility index (Phi) is 5.71. The minimum atomic E-state index is 0.903. The van der Waals surface area contributed by atoms with Crippen molar-refractivity contribution < 1.29 is 9.15 Å². The highest BCUT2D eigenvalue weighted by Crippen LogP contribution is 2.05. The molecule has 102 valence electrons. The molecule has 2 heterocycles. The Bertz CT molecular complexity index is 308. The number of rotatable bonds is 7. The van der Waals surface area contributed by atoms with Crippen LogP contribution in [-0.4, -0.2) is 56.2 Å². The van der Waals surface area contributed by atoms with Gasteiger partial charge in [0.05, 0.1) is 25.7 Å². The fourth-order valence-electron chi connectivity index (χ4n) is 2.32. The Morgan fingerprint density at radius 3 is 2.83 bits per heavy atom. The molecule has 0 unspecified atom stereocenters. The molecular formula is C14H24N2O2. The molecule has 0 aliphatic carbocycles. The van der Waals surface area contributed by atoms with E-state index in [0.29, 0.717) is 0 Å². The third-order valence-electron chi connectivity index (χ3n) is 3.40. The van der Waals surface area contributed by atoms with Gasteiger partial charge in [0.15, 0.2) is 0 Å². The Hall–Kier alpha value is -0.840. The summed E-state index contributed by atoms with van der Waals surface area (Å²) in [4.78, 5) is 4.85. The number of nitrogens with zero attached hydrogens (tertiary/aromatic N) is 2. The molecule has 1 aromatic heterocycles.